The first-order valence-electron chi connectivity index (χ1n) is 7.21. The van der Waals surface area contributed by atoms with Crippen LogP contribution in [-0.2, 0) is 13.1 Å². The van der Waals surface area contributed by atoms with Crippen molar-refractivity contribution in [3.8, 4) is 5.75 Å². The van der Waals surface area contributed by atoms with Crippen LogP contribution in [-0.4, -0.2) is 30.6 Å². The van der Waals surface area contributed by atoms with Gasteiger partial charge in [0.1, 0.15) is 11.6 Å². The minimum atomic E-state index is 0.880. The van der Waals surface area contributed by atoms with E-state index in [4.69, 9.17) is 4.74 Å². The van der Waals surface area contributed by atoms with Gasteiger partial charge in [-0.25, -0.2) is 4.98 Å². The van der Waals surface area contributed by atoms with Gasteiger partial charge in [0, 0.05) is 25.8 Å². The highest BCUT2D eigenvalue weighted by Gasteiger charge is 2.03. The Morgan fingerprint density at radius 1 is 1.05 bits per heavy atom. The Hall–Kier alpha value is -2.07. The molecule has 0 aliphatic heterocycles. The molecular formula is C17H23N3O. The standard InChI is InChI=1S/C17H23N3O/c1-4-18-17-10-7-15(11-19-17)13-20(2)12-14-5-8-16(21-3)9-6-14/h5-11H,4,12-13H2,1-3H3,(H,18,19). The van der Waals surface area contributed by atoms with Crippen molar-refractivity contribution in [2.45, 2.75) is 20.0 Å². The molecule has 0 fully saturated rings. The van der Waals surface area contributed by atoms with Gasteiger partial charge in [-0.05, 0) is 43.3 Å². The lowest BCUT2D eigenvalue weighted by Gasteiger charge is -2.17. The number of rotatable bonds is 7. The van der Waals surface area contributed by atoms with Crippen LogP contribution in [0.2, 0.25) is 0 Å². The van der Waals surface area contributed by atoms with E-state index >= 15 is 0 Å². The normalized spacial score (nSPS) is 10.7. The minimum Gasteiger partial charge on any atom is -0.497 e. The van der Waals surface area contributed by atoms with Gasteiger partial charge >= 0.3 is 0 Å². The van der Waals surface area contributed by atoms with E-state index in [1.54, 1.807) is 7.11 Å². The van der Waals surface area contributed by atoms with E-state index in [9.17, 15) is 0 Å². The molecule has 1 heterocycles. The molecule has 0 radical (unpaired) electrons. The van der Waals surface area contributed by atoms with Crippen molar-refractivity contribution in [2.24, 2.45) is 0 Å². The smallest absolute Gasteiger partial charge is 0.125 e. The molecule has 0 atom stereocenters. The maximum absolute atomic E-state index is 5.17. The molecule has 1 aromatic carbocycles. The van der Waals surface area contributed by atoms with Crippen LogP contribution in [0.5, 0.6) is 5.75 Å². The number of methoxy groups -OCH3 is 1. The second-order valence-corrected chi connectivity index (χ2v) is 5.10. The van der Waals surface area contributed by atoms with Gasteiger partial charge in [0.05, 0.1) is 7.11 Å². The Balaban J connectivity index is 1.89. The summed E-state index contributed by atoms with van der Waals surface area (Å²) in [5.41, 5.74) is 2.49. The van der Waals surface area contributed by atoms with Crippen LogP contribution in [0.25, 0.3) is 0 Å². The number of hydrogen-bond acceptors (Lipinski definition) is 4. The summed E-state index contributed by atoms with van der Waals surface area (Å²) in [6.45, 7) is 4.74. The molecule has 0 saturated heterocycles. The first-order chi connectivity index (χ1) is 10.2. The Bertz CT molecular complexity index is 537. The average molecular weight is 285 g/mol. The van der Waals surface area contributed by atoms with Gasteiger partial charge in [-0.1, -0.05) is 18.2 Å². The predicted octanol–water partition coefficient (Wildman–Crippen LogP) is 3.15. The number of ether oxygens (including phenoxy) is 1. The molecule has 0 saturated carbocycles. The number of anilines is 1. The molecule has 1 N–H and O–H groups in total. The van der Waals surface area contributed by atoms with Gasteiger partial charge in [0.25, 0.3) is 0 Å². The van der Waals surface area contributed by atoms with Crippen LogP contribution < -0.4 is 10.1 Å². The van der Waals surface area contributed by atoms with E-state index in [2.05, 4.69) is 47.4 Å². The maximum Gasteiger partial charge on any atom is 0.125 e. The minimum absolute atomic E-state index is 0.880. The van der Waals surface area contributed by atoms with E-state index in [-0.39, 0.29) is 0 Å². The zero-order valence-electron chi connectivity index (χ0n) is 13.0. The van der Waals surface area contributed by atoms with Crippen molar-refractivity contribution in [3.63, 3.8) is 0 Å². The largest absolute Gasteiger partial charge is 0.497 e. The molecule has 2 rings (SSSR count). The van der Waals surface area contributed by atoms with Gasteiger partial charge < -0.3 is 10.1 Å². The number of benzene rings is 1. The number of nitrogens with one attached hydrogen (secondary N) is 1. The summed E-state index contributed by atoms with van der Waals surface area (Å²) in [5, 5.41) is 3.20. The second kappa shape index (κ2) is 7.64. The Morgan fingerprint density at radius 2 is 1.71 bits per heavy atom. The molecule has 112 valence electrons. The van der Waals surface area contributed by atoms with Gasteiger partial charge in [0.2, 0.25) is 0 Å². The molecule has 0 bridgehead atoms. The van der Waals surface area contributed by atoms with Crippen molar-refractivity contribution in [1.82, 2.24) is 9.88 Å². The van der Waals surface area contributed by atoms with Crippen molar-refractivity contribution in [3.05, 3.63) is 53.7 Å². The van der Waals surface area contributed by atoms with Crippen LogP contribution in [0.4, 0.5) is 5.82 Å². The summed E-state index contributed by atoms with van der Waals surface area (Å²) in [5.74, 6) is 1.82. The first kappa shape index (κ1) is 15.3. The zero-order valence-corrected chi connectivity index (χ0v) is 13.0. The van der Waals surface area contributed by atoms with Gasteiger partial charge in [-0.2, -0.15) is 0 Å². The topological polar surface area (TPSA) is 37.4 Å². The molecule has 0 aliphatic carbocycles. The van der Waals surface area contributed by atoms with Crippen molar-refractivity contribution < 1.29 is 4.74 Å². The van der Waals surface area contributed by atoms with Crippen LogP contribution in [0.3, 0.4) is 0 Å². The molecule has 2 aromatic rings. The number of nitrogens with zero attached hydrogens (tertiary/aromatic N) is 2. The van der Waals surface area contributed by atoms with Gasteiger partial charge in [-0.15, -0.1) is 0 Å². The highest BCUT2D eigenvalue weighted by molar-refractivity contribution is 5.35. The molecule has 0 amide bonds. The van der Waals surface area contributed by atoms with Crippen LogP contribution in [0, 0.1) is 0 Å². The van der Waals surface area contributed by atoms with Crippen LogP contribution in [0.15, 0.2) is 42.6 Å². The number of aromatic nitrogens is 1. The van der Waals surface area contributed by atoms with Gasteiger partial charge in [0.15, 0.2) is 0 Å². The second-order valence-electron chi connectivity index (χ2n) is 5.10. The summed E-state index contributed by atoms with van der Waals surface area (Å²) in [7, 11) is 3.80. The Morgan fingerprint density at radius 3 is 2.29 bits per heavy atom. The summed E-state index contributed by atoms with van der Waals surface area (Å²) in [6, 6.07) is 12.3. The molecule has 0 unspecified atom stereocenters. The maximum atomic E-state index is 5.17. The van der Waals surface area contributed by atoms with Crippen molar-refractivity contribution >= 4 is 5.82 Å². The van der Waals surface area contributed by atoms with Crippen molar-refractivity contribution in [2.75, 3.05) is 26.0 Å². The van der Waals surface area contributed by atoms with E-state index in [1.807, 2.05) is 24.4 Å². The molecule has 4 nitrogen and oxygen atoms in total. The highest BCUT2D eigenvalue weighted by atomic mass is 16.5. The van der Waals surface area contributed by atoms with Crippen LogP contribution >= 0.6 is 0 Å². The molecule has 4 heteroatoms. The lowest BCUT2D eigenvalue weighted by atomic mass is 10.2. The molecular weight excluding hydrogens is 262 g/mol. The van der Waals surface area contributed by atoms with E-state index in [1.165, 1.54) is 11.1 Å². The summed E-state index contributed by atoms with van der Waals surface area (Å²) in [6.07, 6.45) is 1.93. The number of pyridine rings is 1. The fourth-order valence-electron chi connectivity index (χ4n) is 2.21. The first-order valence-corrected chi connectivity index (χ1v) is 7.21. The summed E-state index contributed by atoms with van der Waals surface area (Å²) in [4.78, 5) is 6.67. The number of hydrogen-bond donors (Lipinski definition) is 1. The van der Waals surface area contributed by atoms with E-state index in [0.29, 0.717) is 0 Å². The highest BCUT2D eigenvalue weighted by Crippen LogP contribution is 2.14. The lowest BCUT2D eigenvalue weighted by Crippen LogP contribution is -2.17. The average Bonchev–Trinajstić information content (AvgIpc) is 2.50. The Labute approximate surface area is 126 Å². The lowest BCUT2D eigenvalue weighted by molar-refractivity contribution is 0.318. The monoisotopic (exact) mass is 285 g/mol. The third kappa shape index (κ3) is 4.76. The van der Waals surface area contributed by atoms with E-state index in [0.717, 1.165) is 31.2 Å². The van der Waals surface area contributed by atoms with E-state index < -0.39 is 0 Å². The molecule has 21 heavy (non-hydrogen) atoms. The summed E-state index contributed by atoms with van der Waals surface area (Å²) >= 11 is 0. The zero-order chi connectivity index (χ0) is 15.1. The SMILES string of the molecule is CCNc1ccc(CN(C)Cc2ccc(OC)cc2)cn1. The molecule has 0 spiro atoms. The third-order valence-corrected chi connectivity index (χ3v) is 3.25. The van der Waals surface area contributed by atoms with Crippen LogP contribution in [0.1, 0.15) is 18.1 Å². The molecule has 1 aromatic heterocycles. The van der Waals surface area contributed by atoms with Crippen molar-refractivity contribution in [1.29, 1.82) is 0 Å². The summed E-state index contributed by atoms with van der Waals surface area (Å²) < 4.78 is 5.17. The quantitative estimate of drug-likeness (QED) is 0.848. The fourth-order valence-corrected chi connectivity index (χ4v) is 2.21. The van der Waals surface area contributed by atoms with Gasteiger partial charge in [-0.3, -0.25) is 4.90 Å². The predicted molar refractivity (Wildman–Crippen MR) is 86.6 cm³/mol. The molecule has 0 aliphatic rings. The fraction of sp³-hybridized carbons (Fsp3) is 0.353. The third-order valence-electron chi connectivity index (χ3n) is 3.25. The Kier molecular flexibility index (Phi) is 5.58.